The molecule has 94 valence electrons. The van der Waals surface area contributed by atoms with E-state index in [1.54, 1.807) is 35.4 Å². The lowest BCUT2D eigenvalue weighted by atomic mass is 10.2. The summed E-state index contributed by atoms with van der Waals surface area (Å²) < 4.78 is 1.74. The number of aliphatic hydroxyl groups is 1. The molecule has 0 aliphatic rings. The normalized spacial score (nSPS) is 10.3. The fourth-order valence-corrected chi connectivity index (χ4v) is 1.59. The van der Waals surface area contributed by atoms with Crippen LogP contribution in [0.1, 0.15) is 0 Å². The SMILES string of the molecule is O=[N+]([O-])c1ccc(-n2ccnc2)cc1NCCO. The molecule has 0 unspecified atom stereocenters. The number of anilines is 1. The van der Waals surface area contributed by atoms with Crippen LogP contribution in [0.4, 0.5) is 11.4 Å². The van der Waals surface area contributed by atoms with Crippen LogP contribution in [0.2, 0.25) is 0 Å². The molecule has 1 heterocycles. The zero-order valence-corrected chi connectivity index (χ0v) is 9.48. The number of benzene rings is 1. The van der Waals surface area contributed by atoms with E-state index in [0.717, 1.165) is 5.69 Å². The Bertz CT molecular complexity index is 539. The van der Waals surface area contributed by atoms with Gasteiger partial charge in [-0.2, -0.15) is 0 Å². The Kier molecular flexibility index (Phi) is 3.54. The van der Waals surface area contributed by atoms with Crippen LogP contribution in [0, 0.1) is 10.1 Å². The minimum atomic E-state index is -0.461. The van der Waals surface area contributed by atoms with Gasteiger partial charge in [0.15, 0.2) is 0 Å². The Morgan fingerprint density at radius 1 is 1.50 bits per heavy atom. The zero-order valence-electron chi connectivity index (χ0n) is 9.48. The van der Waals surface area contributed by atoms with E-state index in [0.29, 0.717) is 5.69 Å². The van der Waals surface area contributed by atoms with Gasteiger partial charge in [-0.3, -0.25) is 10.1 Å². The maximum atomic E-state index is 10.9. The third kappa shape index (κ3) is 2.46. The number of nitro benzene ring substituents is 1. The molecule has 2 aromatic rings. The fraction of sp³-hybridized carbons (Fsp3) is 0.182. The molecular formula is C11H12N4O3. The van der Waals surface area contributed by atoms with E-state index in [9.17, 15) is 10.1 Å². The van der Waals surface area contributed by atoms with Crippen molar-refractivity contribution in [2.45, 2.75) is 0 Å². The van der Waals surface area contributed by atoms with E-state index >= 15 is 0 Å². The standard InChI is InChI=1S/C11H12N4O3/c16-6-4-13-10-7-9(14-5-3-12-8-14)1-2-11(10)15(17)18/h1-3,5,7-8,13,16H,4,6H2. The Hall–Kier alpha value is -2.41. The molecule has 0 radical (unpaired) electrons. The van der Waals surface area contributed by atoms with Crippen LogP contribution < -0.4 is 5.32 Å². The monoisotopic (exact) mass is 248 g/mol. The maximum absolute atomic E-state index is 10.9. The first kappa shape index (κ1) is 12.1. The van der Waals surface area contributed by atoms with E-state index in [1.165, 1.54) is 6.07 Å². The van der Waals surface area contributed by atoms with E-state index in [-0.39, 0.29) is 18.8 Å². The van der Waals surface area contributed by atoms with E-state index in [2.05, 4.69) is 10.3 Å². The van der Waals surface area contributed by atoms with Crippen molar-refractivity contribution >= 4 is 11.4 Å². The summed E-state index contributed by atoms with van der Waals surface area (Å²) in [7, 11) is 0. The second-order valence-corrected chi connectivity index (χ2v) is 3.58. The van der Waals surface area contributed by atoms with E-state index in [1.807, 2.05) is 0 Å². The van der Waals surface area contributed by atoms with Gasteiger partial charge in [0.25, 0.3) is 5.69 Å². The molecule has 0 saturated carbocycles. The number of aliphatic hydroxyl groups excluding tert-OH is 1. The molecule has 0 bridgehead atoms. The van der Waals surface area contributed by atoms with Crippen LogP contribution in [0.15, 0.2) is 36.9 Å². The largest absolute Gasteiger partial charge is 0.395 e. The molecule has 0 aliphatic heterocycles. The van der Waals surface area contributed by atoms with Gasteiger partial charge >= 0.3 is 0 Å². The number of imidazole rings is 1. The van der Waals surface area contributed by atoms with Crippen molar-refractivity contribution in [1.29, 1.82) is 0 Å². The first-order valence-corrected chi connectivity index (χ1v) is 5.34. The molecular weight excluding hydrogens is 236 g/mol. The number of hydrogen-bond donors (Lipinski definition) is 2. The van der Waals surface area contributed by atoms with Gasteiger partial charge in [0.2, 0.25) is 0 Å². The zero-order chi connectivity index (χ0) is 13.0. The summed E-state index contributed by atoms with van der Waals surface area (Å²) in [6, 6.07) is 4.72. The molecule has 1 aromatic carbocycles. The second-order valence-electron chi connectivity index (χ2n) is 3.58. The highest BCUT2D eigenvalue weighted by molar-refractivity contribution is 5.65. The van der Waals surface area contributed by atoms with Gasteiger partial charge in [-0.1, -0.05) is 0 Å². The molecule has 0 aliphatic carbocycles. The lowest BCUT2D eigenvalue weighted by Gasteiger charge is -2.08. The van der Waals surface area contributed by atoms with Crippen molar-refractivity contribution in [3.63, 3.8) is 0 Å². The smallest absolute Gasteiger partial charge is 0.292 e. The van der Waals surface area contributed by atoms with Crippen LogP contribution in [-0.4, -0.2) is 32.7 Å². The molecule has 0 saturated heterocycles. The predicted octanol–water partition coefficient (Wildman–Crippen LogP) is 1.18. The first-order valence-electron chi connectivity index (χ1n) is 5.34. The van der Waals surface area contributed by atoms with Gasteiger partial charge in [-0.15, -0.1) is 0 Å². The number of hydrogen-bond acceptors (Lipinski definition) is 5. The third-order valence-corrected chi connectivity index (χ3v) is 2.41. The highest BCUT2D eigenvalue weighted by Crippen LogP contribution is 2.26. The number of nitrogens with zero attached hydrogens (tertiary/aromatic N) is 3. The average molecular weight is 248 g/mol. The quantitative estimate of drug-likeness (QED) is 0.612. The maximum Gasteiger partial charge on any atom is 0.292 e. The number of aromatic nitrogens is 2. The van der Waals surface area contributed by atoms with Crippen molar-refractivity contribution in [3.8, 4) is 5.69 Å². The third-order valence-electron chi connectivity index (χ3n) is 2.41. The summed E-state index contributed by atoms with van der Waals surface area (Å²) >= 11 is 0. The molecule has 1 aromatic heterocycles. The topological polar surface area (TPSA) is 93.2 Å². The lowest BCUT2D eigenvalue weighted by molar-refractivity contribution is -0.384. The number of nitro groups is 1. The van der Waals surface area contributed by atoms with Gasteiger partial charge in [0.05, 0.1) is 17.9 Å². The summed E-state index contributed by atoms with van der Waals surface area (Å²) in [5.41, 5.74) is 1.12. The summed E-state index contributed by atoms with van der Waals surface area (Å²) in [5.74, 6) is 0. The van der Waals surface area contributed by atoms with Gasteiger partial charge < -0.3 is 15.0 Å². The van der Waals surface area contributed by atoms with Gasteiger partial charge in [0, 0.05) is 30.7 Å². The van der Waals surface area contributed by atoms with Gasteiger partial charge in [-0.25, -0.2) is 4.98 Å². The second kappa shape index (κ2) is 5.28. The summed E-state index contributed by atoms with van der Waals surface area (Å²) in [6.45, 7) is 0.167. The minimum Gasteiger partial charge on any atom is -0.395 e. The average Bonchev–Trinajstić information content (AvgIpc) is 2.89. The van der Waals surface area contributed by atoms with Gasteiger partial charge in [-0.05, 0) is 12.1 Å². The molecule has 0 amide bonds. The molecule has 0 atom stereocenters. The molecule has 18 heavy (non-hydrogen) atoms. The Labute approximate surface area is 103 Å². The molecule has 0 spiro atoms. The minimum absolute atomic E-state index is 0.0210. The molecule has 0 fully saturated rings. The van der Waals surface area contributed by atoms with Crippen molar-refractivity contribution in [1.82, 2.24) is 9.55 Å². The van der Waals surface area contributed by atoms with E-state index in [4.69, 9.17) is 5.11 Å². The summed E-state index contributed by atoms with van der Waals surface area (Å²) in [4.78, 5) is 14.3. The molecule has 7 nitrogen and oxygen atoms in total. The van der Waals surface area contributed by atoms with Crippen molar-refractivity contribution in [3.05, 3.63) is 47.0 Å². The van der Waals surface area contributed by atoms with E-state index < -0.39 is 4.92 Å². The van der Waals surface area contributed by atoms with Crippen molar-refractivity contribution in [2.24, 2.45) is 0 Å². The number of nitrogens with one attached hydrogen (secondary N) is 1. The lowest BCUT2D eigenvalue weighted by Crippen LogP contribution is -2.08. The highest BCUT2D eigenvalue weighted by Gasteiger charge is 2.14. The number of rotatable bonds is 5. The predicted molar refractivity (Wildman–Crippen MR) is 65.8 cm³/mol. The summed E-state index contributed by atoms with van der Waals surface area (Å²) in [5, 5.41) is 22.5. The fourth-order valence-electron chi connectivity index (χ4n) is 1.59. The summed E-state index contributed by atoms with van der Waals surface area (Å²) in [6.07, 6.45) is 4.98. The Balaban J connectivity index is 2.38. The molecule has 2 rings (SSSR count). The van der Waals surface area contributed by atoms with Crippen LogP contribution in [0.3, 0.4) is 0 Å². The van der Waals surface area contributed by atoms with Gasteiger partial charge in [0.1, 0.15) is 5.69 Å². The van der Waals surface area contributed by atoms with Crippen molar-refractivity contribution < 1.29 is 10.0 Å². The first-order chi connectivity index (χ1) is 8.72. The Morgan fingerprint density at radius 3 is 2.94 bits per heavy atom. The highest BCUT2D eigenvalue weighted by atomic mass is 16.6. The van der Waals surface area contributed by atoms with Crippen LogP contribution in [0.25, 0.3) is 5.69 Å². The Morgan fingerprint density at radius 2 is 2.33 bits per heavy atom. The van der Waals surface area contributed by atoms with Crippen LogP contribution in [0.5, 0.6) is 0 Å². The van der Waals surface area contributed by atoms with Crippen LogP contribution >= 0.6 is 0 Å². The molecule has 2 N–H and O–H groups in total. The van der Waals surface area contributed by atoms with Crippen LogP contribution in [-0.2, 0) is 0 Å². The van der Waals surface area contributed by atoms with Crippen molar-refractivity contribution in [2.75, 3.05) is 18.5 Å². The molecule has 7 heteroatoms.